The van der Waals surface area contributed by atoms with Crippen molar-refractivity contribution >= 4 is 15.9 Å². The van der Waals surface area contributed by atoms with Crippen LogP contribution < -0.4 is 0 Å². The van der Waals surface area contributed by atoms with Crippen molar-refractivity contribution in [2.75, 3.05) is 19.8 Å². The van der Waals surface area contributed by atoms with Gasteiger partial charge in [-0.05, 0) is 11.8 Å². The summed E-state index contributed by atoms with van der Waals surface area (Å²) in [6.07, 6.45) is -0.685. The molecule has 104 valence electrons. The predicted octanol–water partition coefficient (Wildman–Crippen LogP) is 1.31. The van der Waals surface area contributed by atoms with Crippen molar-refractivity contribution in [1.29, 1.82) is 0 Å². The van der Waals surface area contributed by atoms with Crippen molar-refractivity contribution in [1.82, 2.24) is 0 Å². The molecule has 0 fully saturated rings. The van der Waals surface area contributed by atoms with Gasteiger partial charge in [-0.3, -0.25) is 0 Å². The van der Waals surface area contributed by atoms with Crippen LogP contribution in [0.15, 0.2) is 0 Å². The number of halogens is 1. The van der Waals surface area contributed by atoms with Gasteiger partial charge < -0.3 is 20.1 Å². The van der Waals surface area contributed by atoms with Crippen LogP contribution in [-0.2, 0) is 4.74 Å². The first-order chi connectivity index (χ1) is 7.58. The van der Waals surface area contributed by atoms with Crippen molar-refractivity contribution < 1.29 is 20.1 Å². The van der Waals surface area contributed by atoms with Gasteiger partial charge in [0.2, 0.25) is 0 Å². The summed E-state index contributed by atoms with van der Waals surface area (Å²) in [4.78, 5) is 0. The Labute approximate surface area is 112 Å². The minimum Gasteiger partial charge on any atom is -0.394 e. The van der Waals surface area contributed by atoms with Gasteiger partial charge in [-0.1, -0.05) is 43.6 Å². The molecule has 2 atom stereocenters. The SMILES string of the molecule is CC(C)(Br)CC(C)(C)C(O)COCC(O)CO. The monoisotopic (exact) mass is 312 g/mol. The standard InChI is InChI=1S/C12H25BrO4/c1-11(2,8-12(3,4)13)10(16)7-17-6-9(15)5-14/h9-10,14-16H,5-8H2,1-4H3. The van der Waals surface area contributed by atoms with Crippen molar-refractivity contribution in [2.24, 2.45) is 5.41 Å². The molecule has 0 aromatic heterocycles. The average Bonchev–Trinajstić information content (AvgIpc) is 2.13. The number of rotatable bonds is 8. The summed E-state index contributed by atoms with van der Waals surface area (Å²) in [6, 6.07) is 0. The molecule has 0 aliphatic heterocycles. The third-order valence-electron chi connectivity index (χ3n) is 2.57. The lowest BCUT2D eigenvalue weighted by molar-refractivity contribution is -0.0602. The number of hydrogen-bond donors (Lipinski definition) is 3. The normalized spacial score (nSPS) is 16.9. The fourth-order valence-corrected chi connectivity index (χ4v) is 2.52. The van der Waals surface area contributed by atoms with Crippen LogP contribution in [0.3, 0.4) is 0 Å². The van der Waals surface area contributed by atoms with Gasteiger partial charge in [0.1, 0.15) is 6.10 Å². The van der Waals surface area contributed by atoms with Gasteiger partial charge in [0.15, 0.2) is 0 Å². The minimum absolute atomic E-state index is 0.0396. The van der Waals surface area contributed by atoms with Crippen LogP contribution >= 0.6 is 15.9 Å². The van der Waals surface area contributed by atoms with Crippen LogP contribution in [0.4, 0.5) is 0 Å². The van der Waals surface area contributed by atoms with Crippen molar-refractivity contribution in [3.05, 3.63) is 0 Å². The molecule has 0 saturated heterocycles. The maximum absolute atomic E-state index is 10.0. The molecule has 0 heterocycles. The van der Waals surface area contributed by atoms with Gasteiger partial charge in [-0.2, -0.15) is 0 Å². The number of aliphatic hydroxyl groups is 3. The molecule has 0 aliphatic rings. The van der Waals surface area contributed by atoms with Gasteiger partial charge in [0.05, 0.1) is 25.9 Å². The van der Waals surface area contributed by atoms with Gasteiger partial charge in [-0.15, -0.1) is 0 Å². The Morgan fingerprint density at radius 2 is 1.65 bits per heavy atom. The molecule has 17 heavy (non-hydrogen) atoms. The lowest BCUT2D eigenvalue weighted by Gasteiger charge is -2.35. The van der Waals surface area contributed by atoms with E-state index in [0.29, 0.717) is 0 Å². The molecule has 0 radical (unpaired) electrons. The highest BCUT2D eigenvalue weighted by atomic mass is 79.9. The molecule has 0 aromatic rings. The zero-order valence-corrected chi connectivity index (χ0v) is 12.7. The summed E-state index contributed by atoms with van der Waals surface area (Å²) in [5.41, 5.74) is -0.281. The van der Waals surface area contributed by atoms with E-state index in [1.165, 1.54) is 0 Å². The quantitative estimate of drug-likeness (QED) is 0.591. The van der Waals surface area contributed by atoms with E-state index >= 15 is 0 Å². The van der Waals surface area contributed by atoms with E-state index in [9.17, 15) is 5.11 Å². The molecule has 2 unspecified atom stereocenters. The summed E-state index contributed by atoms with van der Waals surface area (Å²) in [5.74, 6) is 0. The second-order valence-corrected chi connectivity index (χ2v) is 7.92. The molecule has 0 aromatic carbocycles. The molecule has 0 amide bonds. The van der Waals surface area contributed by atoms with Crippen LogP contribution in [0, 0.1) is 5.41 Å². The summed E-state index contributed by atoms with van der Waals surface area (Å²) in [7, 11) is 0. The Kier molecular flexibility index (Phi) is 7.18. The molecule has 0 rings (SSSR count). The van der Waals surface area contributed by atoms with E-state index in [0.717, 1.165) is 6.42 Å². The number of alkyl halides is 1. The molecular weight excluding hydrogens is 288 g/mol. The fourth-order valence-electron chi connectivity index (χ4n) is 1.80. The predicted molar refractivity (Wildman–Crippen MR) is 71.3 cm³/mol. The Balaban J connectivity index is 4.07. The molecule has 3 N–H and O–H groups in total. The largest absolute Gasteiger partial charge is 0.394 e. The van der Waals surface area contributed by atoms with Crippen molar-refractivity contribution in [3.8, 4) is 0 Å². The summed E-state index contributed by atoms with van der Waals surface area (Å²) < 4.78 is 5.13. The summed E-state index contributed by atoms with van der Waals surface area (Å²) in [5, 5.41) is 27.7. The first-order valence-electron chi connectivity index (χ1n) is 5.82. The van der Waals surface area contributed by atoms with Crippen LogP contribution in [-0.4, -0.2) is 51.7 Å². The third kappa shape index (κ3) is 8.11. The average molecular weight is 313 g/mol. The van der Waals surface area contributed by atoms with Gasteiger partial charge in [0, 0.05) is 4.32 Å². The summed E-state index contributed by atoms with van der Waals surface area (Å²) >= 11 is 3.56. The zero-order chi connectivity index (χ0) is 13.7. The Morgan fingerprint density at radius 3 is 2.06 bits per heavy atom. The zero-order valence-electron chi connectivity index (χ0n) is 11.1. The van der Waals surface area contributed by atoms with E-state index in [1.54, 1.807) is 0 Å². The molecule has 0 saturated carbocycles. The maximum Gasteiger partial charge on any atom is 0.100 e. The number of hydrogen-bond acceptors (Lipinski definition) is 4. The van der Waals surface area contributed by atoms with E-state index < -0.39 is 12.2 Å². The fraction of sp³-hybridized carbons (Fsp3) is 1.00. The van der Waals surface area contributed by atoms with Crippen LogP contribution in [0.5, 0.6) is 0 Å². The lowest BCUT2D eigenvalue weighted by Crippen LogP contribution is -2.38. The number of aliphatic hydroxyl groups excluding tert-OH is 3. The molecule has 4 nitrogen and oxygen atoms in total. The van der Waals surface area contributed by atoms with Crippen LogP contribution in [0.1, 0.15) is 34.1 Å². The van der Waals surface area contributed by atoms with Crippen LogP contribution in [0.2, 0.25) is 0 Å². The highest BCUT2D eigenvalue weighted by Crippen LogP contribution is 2.35. The Morgan fingerprint density at radius 1 is 1.12 bits per heavy atom. The second-order valence-electron chi connectivity index (χ2n) is 5.77. The molecule has 0 aliphatic carbocycles. The molecular formula is C12H25BrO4. The number of ether oxygens (including phenoxy) is 1. The third-order valence-corrected chi connectivity index (χ3v) is 2.86. The molecule has 0 spiro atoms. The van der Waals surface area contributed by atoms with Gasteiger partial charge >= 0.3 is 0 Å². The Bertz CT molecular complexity index is 213. The van der Waals surface area contributed by atoms with Crippen molar-refractivity contribution in [3.63, 3.8) is 0 Å². The molecule has 0 bridgehead atoms. The minimum atomic E-state index is -0.877. The first-order valence-corrected chi connectivity index (χ1v) is 6.61. The highest BCUT2D eigenvalue weighted by Gasteiger charge is 2.33. The van der Waals surface area contributed by atoms with Gasteiger partial charge in [0.25, 0.3) is 0 Å². The smallest absolute Gasteiger partial charge is 0.100 e. The first kappa shape index (κ1) is 17.3. The van der Waals surface area contributed by atoms with E-state index in [-0.39, 0.29) is 29.6 Å². The van der Waals surface area contributed by atoms with Crippen LogP contribution in [0.25, 0.3) is 0 Å². The molecule has 5 heteroatoms. The lowest BCUT2D eigenvalue weighted by atomic mass is 9.79. The Hall–Kier alpha value is 0.320. The maximum atomic E-state index is 10.0. The highest BCUT2D eigenvalue weighted by molar-refractivity contribution is 9.10. The second kappa shape index (κ2) is 7.04. The van der Waals surface area contributed by atoms with E-state index in [1.807, 2.05) is 13.8 Å². The van der Waals surface area contributed by atoms with E-state index in [2.05, 4.69) is 29.8 Å². The van der Waals surface area contributed by atoms with Gasteiger partial charge in [-0.25, -0.2) is 0 Å². The summed E-state index contributed by atoms with van der Waals surface area (Å²) in [6.45, 7) is 7.94. The topological polar surface area (TPSA) is 69.9 Å². The van der Waals surface area contributed by atoms with Crippen molar-refractivity contribution in [2.45, 2.75) is 50.6 Å². The van der Waals surface area contributed by atoms with E-state index in [4.69, 9.17) is 14.9 Å².